The van der Waals surface area contributed by atoms with Crippen LogP contribution in [0.3, 0.4) is 0 Å². The van der Waals surface area contributed by atoms with Gasteiger partial charge in [0, 0.05) is 18.8 Å². The van der Waals surface area contributed by atoms with Gasteiger partial charge in [-0.25, -0.2) is 8.42 Å². The Morgan fingerprint density at radius 3 is 2.41 bits per heavy atom. The molecule has 27 heavy (non-hydrogen) atoms. The lowest BCUT2D eigenvalue weighted by molar-refractivity contribution is -0.115. The summed E-state index contributed by atoms with van der Waals surface area (Å²) in [7, 11) is -3.60. The minimum atomic E-state index is -3.60. The third kappa shape index (κ3) is 4.74. The summed E-state index contributed by atoms with van der Waals surface area (Å²) in [5.41, 5.74) is 3.37. The SMILES string of the molecule is Cc1ccc(CC(=O)Nc2cc(S(=O)(=O)N3CCOCC3)ccc2C)cc1. The van der Waals surface area contributed by atoms with Gasteiger partial charge in [-0.1, -0.05) is 35.9 Å². The van der Waals surface area contributed by atoms with E-state index < -0.39 is 10.0 Å². The highest BCUT2D eigenvalue weighted by atomic mass is 32.2. The molecule has 0 bridgehead atoms. The number of ether oxygens (including phenoxy) is 1. The number of morpholine rings is 1. The smallest absolute Gasteiger partial charge is 0.243 e. The first-order valence-corrected chi connectivity index (χ1v) is 10.3. The lowest BCUT2D eigenvalue weighted by Gasteiger charge is -2.26. The zero-order chi connectivity index (χ0) is 19.4. The molecule has 144 valence electrons. The minimum Gasteiger partial charge on any atom is -0.379 e. The fraction of sp³-hybridized carbons (Fsp3) is 0.350. The molecule has 0 aromatic heterocycles. The van der Waals surface area contributed by atoms with Gasteiger partial charge in [0.15, 0.2) is 0 Å². The third-order valence-electron chi connectivity index (χ3n) is 4.58. The summed E-state index contributed by atoms with van der Waals surface area (Å²) in [5, 5.41) is 2.84. The van der Waals surface area contributed by atoms with Crippen molar-refractivity contribution in [3.63, 3.8) is 0 Å². The predicted octanol–water partition coefficient (Wildman–Crippen LogP) is 2.51. The van der Waals surface area contributed by atoms with Crippen LogP contribution in [0.15, 0.2) is 47.4 Å². The van der Waals surface area contributed by atoms with Crippen LogP contribution < -0.4 is 5.32 Å². The molecule has 1 aliphatic heterocycles. The summed E-state index contributed by atoms with van der Waals surface area (Å²) < 4.78 is 32.3. The quantitative estimate of drug-likeness (QED) is 0.854. The Balaban J connectivity index is 1.76. The van der Waals surface area contributed by atoms with E-state index in [1.165, 1.54) is 10.4 Å². The second kappa shape index (κ2) is 8.21. The highest BCUT2D eigenvalue weighted by molar-refractivity contribution is 7.89. The average molecular weight is 388 g/mol. The van der Waals surface area contributed by atoms with Crippen LogP contribution in [0.2, 0.25) is 0 Å². The van der Waals surface area contributed by atoms with Crippen LogP contribution >= 0.6 is 0 Å². The lowest BCUT2D eigenvalue weighted by Crippen LogP contribution is -2.40. The van der Waals surface area contributed by atoms with E-state index in [0.717, 1.165) is 16.7 Å². The molecule has 2 aromatic carbocycles. The number of amides is 1. The zero-order valence-electron chi connectivity index (χ0n) is 15.6. The molecule has 1 aliphatic rings. The van der Waals surface area contributed by atoms with Crippen molar-refractivity contribution in [2.45, 2.75) is 25.2 Å². The number of carbonyl (C=O) groups is 1. The van der Waals surface area contributed by atoms with Crippen molar-refractivity contribution in [2.75, 3.05) is 31.6 Å². The van der Waals surface area contributed by atoms with E-state index in [2.05, 4.69) is 5.32 Å². The fourth-order valence-corrected chi connectivity index (χ4v) is 4.35. The van der Waals surface area contributed by atoms with Crippen LogP contribution in [-0.4, -0.2) is 44.9 Å². The van der Waals surface area contributed by atoms with E-state index >= 15 is 0 Å². The van der Waals surface area contributed by atoms with Crippen molar-refractivity contribution in [3.05, 3.63) is 59.2 Å². The summed E-state index contributed by atoms with van der Waals surface area (Å²) in [5.74, 6) is -0.178. The third-order valence-corrected chi connectivity index (χ3v) is 6.47. The number of rotatable bonds is 5. The van der Waals surface area contributed by atoms with Crippen molar-refractivity contribution in [3.8, 4) is 0 Å². The van der Waals surface area contributed by atoms with Crippen molar-refractivity contribution in [1.82, 2.24) is 4.31 Å². The normalized spacial score (nSPS) is 15.5. The molecular formula is C20H24N2O4S. The van der Waals surface area contributed by atoms with Gasteiger partial charge in [-0.2, -0.15) is 4.31 Å². The number of carbonyl (C=O) groups excluding carboxylic acids is 1. The predicted molar refractivity (Wildman–Crippen MR) is 104 cm³/mol. The van der Waals surface area contributed by atoms with Gasteiger partial charge in [-0.3, -0.25) is 4.79 Å². The molecule has 1 heterocycles. The Morgan fingerprint density at radius 1 is 1.07 bits per heavy atom. The maximum Gasteiger partial charge on any atom is 0.243 e. The van der Waals surface area contributed by atoms with E-state index in [9.17, 15) is 13.2 Å². The number of hydrogen-bond donors (Lipinski definition) is 1. The summed E-state index contributed by atoms with van der Waals surface area (Å²) >= 11 is 0. The van der Waals surface area contributed by atoms with Crippen molar-refractivity contribution in [1.29, 1.82) is 0 Å². The molecule has 3 rings (SSSR count). The van der Waals surface area contributed by atoms with Crippen LogP contribution in [0, 0.1) is 13.8 Å². The summed E-state index contributed by atoms with van der Waals surface area (Å²) in [6.45, 7) is 5.30. The molecule has 1 fully saturated rings. The van der Waals surface area contributed by atoms with Gasteiger partial charge >= 0.3 is 0 Å². The molecule has 7 heteroatoms. The molecule has 0 saturated carbocycles. The van der Waals surface area contributed by atoms with Gasteiger partial charge < -0.3 is 10.1 Å². The fourth-order valence-electron chi connectivity index (χ4n) is 2.92. The highest BCUT2D eigenvalue weighted by Crippen LogP contribution is 2.24. The Morgan fingerprint density at radius 2 is 1.74 bits per heavy atom. The Labute approximate surface area is 160 Å². The van der Waals surface area contributed by atoms with Gasteiger partial charge in [0.1, 0.15) is 0 Å². The first-order valence-electron chi connectivity index (χ1n) is 8.90. The van der Waals surface area contributed by atoms with Crippen LogP contribution in [0.4, 0.5) is 5.69 Å². The molecule has 1 N–H and O–H groups in total. The van der Waals surface area contributed by atoms with E-state index in [1.54, 1.807) is 12.1 Å². The van der Waals surface area contributed by atoms with Crippen molar-refractivity contribution < 1.29 is 17.9 Å². The first kappa shape index (κ1) is 19.5. The summed E-state index contributed by atoms with van der Waals surface area (Å²) in [6.07, 6.45) is 0.236. The number of nitrogens with one attached hydrogen (secondary N) is 1. The topological polar surface area (TPSA) is 75.7 Å². The lowest BCUT2D eigenvalue weighted by atomic mass is 10.1. The highest BCUT2D eigenvalue weighted by Gasteiger charge is 2.26. The molecule has 0 unspecified atom stereocenters. The van der Waals surface area contributed by atoms with Crippen LogP contribution in [0.1, 0.15) is 16.7 Å². The number of sulfonamides is 1. The second-order valence-electron chi connectivity index (χ2n) is 6.70. The summed E-state index contributed by atoms with van der Waals surface area (Å²) in [4.78, 5) is 12.6. The van der Waals surface area contributed by atoms with Crippen molar-refractivity contribution >= 4 is 21.6 Å². The van der Waals surface area contributed by atoms with Crippen LogP contribution in [0.25, 0.3) is 0 Å². The standard InChI is InChI=1S/C20H24N2O4S/c1-15-3-6-17(7-4-15)13-20(23)21-19-14-18(8-5-16(19)2)27(24,25)22-9-11-26-12-10-22/h3-8,14H,9-13H2,1-2H3,(H,21,23). The molecular weight excluding hydrogens is 364 g/mol. The van der Waals surface area contributed by atoms with E-state index in [1.807, 2.05) is 38.1 Å². The molecule has 2 aromatic rings. The molecule has 1 saturated heterocycles. The molecule has 6 nitrogen and oxygen atoms in total. The maximum atomic E-state index is 12.8. The Hall–Kier alpha value is -2.22. The number of aryl methyl sites for hydroxylation is 2. The molecule has 0 radical (unpaired) electrons. The number of benzene rings is 2. The minimum absolute atomic E-state index is 0.178. The zero-order valence-corrected chi connectivity index (χ0v) is 16.4. The number of anilines is 1. The van der Waals surface area contributed by atoms with Gasteiger partial charge in [-0.15, -0.1) is 0 Å². The molecule has 0 atom stereocenters. The van der Waals surface area contributed by atoms with E-state index in [-0.39, 0.29) is 17.2 Å². The Kier molecular flexibility index (Phi) is 5.94. The largest absolute Gasteiger partial charge is 0.379 e. The van der Waals surface area contributed by atoms with E-state index in [4.69, 9.17) is 4.74 Å². The Bertz CT molecular complexity index is 917. The van der Waals surface area contributed by atoms with Crippen LogP contribution in [-0.2, 0) is 26.0 Å². The monoisotopic (exact) mass is 388 g/mol. The first-order chi connectivity index (χ1) is 12.9. The van der Waals surface area contributed by atoms with Gasteiger partial charge in [-0.05, 0) is 37.1 Å². The summed E-state index contributed by atoms with van der Waals surface area (Å²) in [6, 6.07) is 12.6. The maximum absolute atomic E-state index is 12.8. The van der Waals surface area contributed by atoms with Gasteiger partial charge in [0.05, 0.1) is 24.5 Å². The van der Waals surface area contributed by atoms with E-state index in [0.29, 0.717) is 32.0 Å². The van der Waals surface area contributed by atoms with Gasteiger partial charge in [0.25, 0.3) is 0 Å². The molecule has 1 amide bonds. The van der Waals surface area contributed by atoms with Gasteiger partial charge in [0.2, 0.25) is 15.9 Å². The average Bonchev–Trinajstić information content (AvgIpc) is 2.66. The molecule has 0 spiro atoms. The molecule has 0 aliphatic carbocycles. The van der Waals surface area contributed by atoms with Crippen molar-refractivity contribution in [2.24, 2.45) is 0 Å². The number of hydrogen-bond acceptors (Lipinski definition) is 4. The van der Waals surface area contributed by atoms with Crippen LogP contribution in [0.5, 0.6) is 0 Å². The second-order valence-corrected chi connectivity index (χ2v) is 8.64. The number of nitrogens with zero attached hydrogens (tertiary/aromatic N) is 1.